The van der Waals surface area contributed by atoms with Crippen molar-refractivity contribution in [2.45, 2.75) is 19.4 Å². The normalized spacial score (nSPS) is 12.5. The van der Waals surface area contributed by atoms with E-state index in [1.807, 2.05) is 6.92 Å². The SMILES string of the molecule is CCC(COC)NC(=O)c1ccoc1Cl. The average molecular weight is 232 g/mol. The molecule has 0 aliphatic heterocycles. The van der Waals surface area contributed by atoms with E-state index in [0.717, 1.165) is 6.42 Å². The molecule has 0 aliphatic carbocycles. The van der Waals surface area contributed by atoms with Crippen LogP contribution in [0, 0.1) is 0 Å². The highest BCUT2D eigenvalue weighted by molar-refractivity contribution is 6.32. The number of amides is 1. The van der Waals surface area contributed by atoms with Crippen LogP contribution in [0.3, 0.4) is 0 Å². The van der Waals surface area contributed by atoms with Crippen molar-refractivity contribution in [3.05, 3.63) is 23.1 Å². The van der Waals surface area contributed by atoms with Crippen molar-refractivity contribution in [2.75, 3.05) is 13.7 Å². The minimum Gasteiger partial charge on any atom is -0.452 e. The molecule has 0 fully saturated rings. The molecule has 0 bridgehead atoms. The summed E-state index contributed by atoms with van der Waals surface area (Å²) in [4.78, 5) is 11.7. The van der Waals surface area contributed by atoms with Crippen molar-refractivity contribution in [1.29, 1.82) is 0 Å². The van der Waals surface area contributed by atoms with E-state index in [1.54, 1.807) is 7.11 Å². The van der Waals surface area contributed by atoms with Gasteiger partial charge >= 0.3 is 0 Å². The number of furan rings is 1. The van der Waals surface area contributed by atoms with Crippen LogP contribution < -0.4 is 5.32 Å². The third kappa shape index (κ3) is 3.25. The second kappa shape index (κ2) is 5.78. The number of carbonyl (C=O) groups excluding carboxylic acids is 1. The molecule has 84 valence electrons. The Labute approximate surface area is 93.5 Å². The highest BCUT2D eigenvalue weighted by Crippen LogP contribution is 2.16. The van der Waals surface area contributed by atoms with Crippen molar-refractivity contribution < 1.29 is 13.9 Å². The van der Waals surface area contributed by atoms with Crippen molar-refractivity contribution in [3.63, 3.8) is 0 Å². The van der Waals surface area contributed by atoms with Crippen LogP contribution in [-0.2, 0) is 4.74 Å². The number of rotatable bonds is 5. The van der Waals surface area contributed by atoms with E-state index in [0.29, 0.717) is 12.2 Å². The van der Waals surface area contributed by atoms with Crippen LogP contribution in [0.2, 0.25) is 5.22 Å². The molecule has 1 heterocycles. The van der Waals surface area contributed by atoms with Gasteiger partial charge in [-0.3, -0.25) is 4.79 Å². The Morgan fingerprint density at radius 1 is 1.73 bits per heavy atom. The maximum absolute atomic E-state index is 11.7. The minimum atomic E-state index is -0.238. The van der Waals surface area contributed by atoms with Crippen LogP contribution >= 0.6 is 11.6 Å². The Kier molecular flexibility index (Phi) is 4.65. The summed E-state index contributed by atoms with van der Waals surface area (Å²) in [6.07, 6.45) is 2.18. The highest BCUT2D eigenvalue weighted by atomic mass is 35.5. The molecule has 1 N–H and O–H groups in total. The van der Waals surface area contributed by atoms with Gasteiger partial charge in [0.1, 0.15) is 0 Å². The summed E-state index contributed by atoms with van der Waals surface area (Å²) in [5.74, 6) is -0.238. The lowest BCUT2D eigenvalue weighted by Gasteiger charge is -2.15. The molecule has 4 nitrogen and oxygen atoms in total. The van der Waals surface area contributed by atoms with E-state index in [4.69, 9.17) is 20.8 Å². The molecule has 0 aromatic carbocycles. The minimum absolute atomic E-state index is 0.00605. The maximum Gasteiger partial charge on any atom is 0.256 e. The lowest BCUT2D eigenvalue weighted by atomic mass is 10.2. The fraction of sp³-hybridized carbons (Fsp3) is 0.500. The second-order valence-corrected chi connectivity index (χ2v) is 3.49. The number of hydrogen-bond donors (Lipinski definition) is 1. The van der Waals surface area contributed by atoms with E-state index in [9.17, 15) is 4.79 Å². The maximum atomic E-state index is 11.7. The zero-order valence-corrected chi connectivity index (χ0v) is 9.50. The van der Waals surface area contributed by atoms with Gasteiger partial charge in [-0.25, -0.2) is 0 Å². The van der Waals surface area contributed by atoms with E-state index in [1.165, 1.54) is 12.3 Å². The molecule has 15 heavy (non-hydrogen) atoms. The third-order valence-electron chi connectivity index (χ3n) is 2.06. The number of hydrogen-bond acceptors (Lipinski definition) is 3. The Hall–Kier alpha value is -1.00. The van der Waals surface area contributed by atoms with Gasteiger partial charge in [0.2, 0.25) is 5.22 Å². The predicted molar refractivity (Wildman–Crippen MR) is 57.1 cm³/mol. The fourth-order valence-corrected chi connectivity index (χ4v) is 1.38. The molecule has 1 aromatic rings. The molecule has 1 amide bonds. The number of nitrogens with one attached hydrogen (secondary N) is 1. The first kappa shape index (κ1) is 12.1. The van der Waals surface area contributed by atoms with Crippen molar-refractivity contribution in [1.82, 2.24) is 5.32 Å². The predicted octanol–water partition coefficient (Wildman–Crippen LogP) is 2.09. The van der Waals surface area contributed by atoms with Gasteiger partial charge in [0.25, 0.3) is 5.91 Å². The largest absolute Gasteiger partial charge is 0.452 e. The Bertz CT molecular complexity index is 324. The van der Waals surface area contributed by atoms with Gasteiger partial charge in [0.05, 0.1) is 24.5 Å². The standard InChI is InChI=1S/C10H14ClNO3/c1-3-7(6-14-2)12-10(13)8-4-5-15-9(8)11/h4-5,7H,3,6H2,1-2H3,(H,12,13). The van der Waals surface area contributed by atoms with Gasteiger partial charge in [-0.2, -0.15) is 0 Å². The van der Waals surface area contributed by atoms with Crippen LogP contribution in [0.25, 0.3) is 0 Å². The fourth-order valence-electron chi connectivity index (χ4n) is 1.18. The first-order valence-corrected chi connectivity index (χ1v) is 5.09. The van der Waals surface area contributed by atoms with Crippen LogP contribution in [0.15, 0.2) is 16.7 Å². The Balaban J connectivity index is 2.58. The monoisotopic (exact) mass is 231 g/mol. The molecule has 1 aromatic heterocycles. The first-order valence-electron chi connectivity index (χ1n) is 4.71. The molecule has 1 atom stereocenters. The summed E-state index contributed by atoms with van der Waals surface area (Å²) in [6.45, 7) is 2.46. The summed E-state index contributed by atoms with van der Waals surface area (Å²) in [5, 5.41) is 2.91. The molecule has 0 aliphatic rings. The molecule has 1 rings (SSSR count). The lowest BCUT2D eigenvalue weighted by molar-refractivity contribution is 0.0894. The highest BCUT2D eigenvalue weighted by Gasteiger charge is 2.16. The summed E-state index contributed by atoms with van der Waals surface area (Å²) < 4.78 is 9.81. The van der Waals surface area contributed by atoms with Gasteiger partial charge in [-0.15, -0.1) is 0 Å². The number of halogens is 1. The second-order valence-electron chi connectivity index (χ2n) is 3.14. The van der Waals surface area contributed by atoms with Crippen LogP contribution in [0.4, 0.5) is 0 Å². The molecule has 1 unspecified atom stereocenters. The summed E-state index contributed by atoms with van der Waals surface area (Å²) in [5.41, 5.74) is 0.353. The summed E-state index contributed by atoms with van der Waals surface area (Å²) >= 11 is 5.68. The van der Waals surface area contributed by atoms with Crippen molar-refractivity contribution in [2.24, 2.45) is 0 Å². The van der Waals surface area contributed by atoms with E-state index >= 15 is 0 Å². The zero-order valence-electron chi connectivity index (χ0n) is 8.75. The molecule has 0 saturated heterocycles. The third-order valence-corrected chi connectivity index (χ3v) is 2.35. The Morgan fingerprint density at radius 2 is 2.47 bits per heavy atom. The van der Waals surface area contributed by atoms with Crippen LogP contribution in [0.5, 0.6) is 0 Å². The first-order chi connectivity index (χ1) is 7.19. The lowest BCUT2D eigenvalue weighted by Crippen LogP contribution is -2.37. The number of ether oxygens (including phenoxy) is 1. The van der Waals surface area contributed by atoms with Gasteiger partial charge in [0, 0.05) is 7.11 Å². The van der Waals surface area contributed by atoms with E-state index in [-0.39, 0.29) is 17.2 Å². The van der Waals surface area contributed by atoms with E-state index < -0.39 is 0 Å². The summed E-state index contributed by atoms with van der Waals surface area (Å²) in [7, 11) is 1.60. The molecule has 5 heteroatoms. The smallest absolute Gasteiger partial charge is 0.256 e. The van der Waals surface area contributed by atoms with Crippen molar-refractivity contribution >= 4 is 17.5 Å². The molecule has 0 saturated carbocycles. The van der Waals surface area contributed by atoms with E-state index in [2.05, 4.69) is 5.32 Å². The molecular formula is C10H14ClNO3. The average Bonchev–Trinajstić information content (AvgIpc) is 2.63. The van der Waals surface area contributed by atoms with Gasteiger partial charge in [-0.1, -0.05) is 6.92 Å². The topological polar surface area (TPSA) is 51.5 Å². The number of carbonyl (C=O) groups is 1. The van der Waals surface area contributed by atoms with Crippen LogP contribution in [-0.4, -0.2) is 25.7 Å². The molecule has 0 radical (unpaired) electrons. The molecule has 0 spiro atoms. The van der Waals surface area contributed by atoms with Gasteiger partial charge < -0.3 is 14.5 Å². The number of methoxy groups -OCH3 is 1. The van der Waals surface area contributed by atoms with Gasteiger partial charge in [-0.05, 0) is 24.1 Å². The Morgan fingerprint density at radius 3 is 2.93 bits per heavy atom. The summed E-state index contributed by atoms with van der Waals surface area (Å²) in [6, 6.07) is 1.53. The van der Waals surface area contributed by atoms with Crippen LogP contribution in [0.1, 0.15) is 23.7 Å². The van der Waals surface area contributed by atoms with Gasteiger partial charge in [0.15, 0.2) is 0 Å². The zero-order chi connectivity index (χ0) is 11.3. The molecular weight excluding hydrogens is 218 g/mol. The van der Waals surface area contributed by atoms with Crippen molar-refractivity contribution in [3.8, 4) is 0 Å². The quantitative estimate of drug-likeness (QED) is 0.844.